The Balaban J connectivity index is 1.52. The second-order valence-corrected chi connectivity index (χ2v) is 8.94. The zero-order valence-electron chi connectivity index (χ0n) is 17.4. The number of nitrogens with zero attached hydrogens (tertiary/aromatic N) is 2. The van der Waals surface area contributed by atoms with Gasteiger partial charge in [0.25, 0.3) is 5.91 Å². The molecule has 160 valence electrons. The number of amides is 3. The fourth-order valence-electron chi connectivity index (χ4n) is 4.34. The SMILES string of the molecule is Cc1ccccc1NC(=O)CN1C(=O)C2(SCC(=O)N2c2ccccc2)c2ccccc21. The quantitative estimate of drug-likeness (QED) is 0.664. The van der Waals surface area contributed by atoms with Crippen LogP contribution in [0.3, 0.4) is 0 Å². The molecule has 5 rings (SSSR count). The van der Waals surface area contributed by atoms with E-state index in [4.69, 9.17) is 0 Å². The van der Waals surface area contributed by atoms with E-state index in [1.54, 1.807) is 4.90 Å². The Labute approximate surface area is 190 Å². The average molecular weight is 444 g/mol. The standard InChI is InChI=1S/C25H21N3O3S/c1-17-9-5-7-13-20(17)26-22(29)15-27-21-14-8-6-12-19(21)25(24(27)31)28(23(30)16-32-25)18-10-3-2-4-11-18/h2-14H,15-16H2,1H3,(H,26,29). The number of rotatable bonds is 4. The Hall–Kier alpha value is -3.58. The van der Waals surface area contributed by atoms with Crippen molar-refractivity contribution in [2.24, 2.45) is 0 Å². The van der Waals surface area contributed by atoms with Crippen LogP contribution in [-0.4, -0.2) is 30.0 Å². The Kier molecular flexibility index (Phi) is 4.98. The molecule has 1 atom stereocenters. The van der Waals surface area contributed by atoms with Crippen molar-refractivity contribution in [2.45, 2.75) is 11.8 Å². The first-order chi connectivity index (χ1) is 15.5. The van der Waals surface area contributed by atoms with Crippen LogP contribution in [0, 0.1) is 6.92 Å². The van der Waals surface area contributed by atoms with Gasteiger partial charge in [0, 0.05) is 16.9 Å². The van der Waals surface area contributed by atoms with E-state index in [0.717, 1.165) is 11.1 Å². The van der Waals surface area contributed by atoms with E-state index >= 15 is 0 Å². The molecule has 6 nitrogen and oxygen atoms in total. The van der Waals surface area contributed by atoms with E-state index in [1.165, 1.54) is 16.7 Å². The highest BCUT2D eigenvalue weighted by Crippen LogP contribution is 2.55. The molecule has 1 fully saturated rings. The van der Waals surface area contributed by atoms with Gasteiger partial charge in [0.15, 0.2) is 0 Å². The lowest BCUT2D eigenvalue weighted by Gasteiger charge is -2.33. The molecule has 1 saturated heterocycles. The second-order valence-electron chi connectivity index (χ2n) is 7.77. The van der Waals surface area contributed by atoms with Crippen molar-refractivity contribution in [3.05, 3.63) is 90.0 Å². The van der Waals surface area contributed by atoms with Crippen LogP contribution in [0.5, 0.6) is 0 Å². The van der Waals surface area contributed by atoms with Gasteiger partial charge in [-0.3, -0.25) is 24.2 Å². The van der Waals surface area contributed by atoms with Gasteiger partial charge in [-0.1, -0.05) is 54.6 Å². The minimum absolute atomic E-state index is 0.129. The van der Waals surface area contributed by atoms with Gasteiger partial charge in [-0.25, -0.2) is 0 Å². The smallest absolute Gasteiger partial charge is 0.269 e. The highest BCUT2D eigenvalue weighted by Gasteiger charge is 2.61. The highest BCUT2D eigenvalue weighted by molar-refractivity contribution is 8.02. The number of thioether (sulfide) groups is 1. The average Bonchev–Trinajstić information content (AvgIpc) is 3.27. The summed E-state index contributed by atoms with van der Waals surface area (Å²) in [5, 5.41) is 2.90. The first-order valence-electron chi connectivity index (χ1n) is 10.3. The first-order valence-corrected chi connectivity index (χ1v) is 11.3. The topological polar surface area (TPSA) is 69.7 Å². The van der Waals surface area contributed by atoms with E-state index in [2.05, 4.69) is 5.32 Å². The summed E-state index contributed by atoms with van der Waals surface area (Å²) in [5.41, 5.74) is 3.70. The Morgan fingerprint density at radius 1 is 0.969 bits per heavy atom. The van der Waals surface area contributed by atoms with E-state index in [1.807, 2.05) is 85.8 Å². The summed E-state index contributed by atoms with van der Waals surface area (Å²) < 4.78 is 0. The van der Waals surface area contributed by atoms with Crippen LogP contribution in [0.25, 0.3) is 0 Å². The molecule has 0 aromatic heterocycles. The molecule has 0 bridgehead atoms. The molecule has 2 heterocycles. The third-order valence-corrected chi connectivity index (χ3v) is 7.19. The third kappa shape index (κ3) is 3.08. The van der Waals surface area contributed by atoms with Crippen molar-refractivity contribution in [1.82, 2.24) is 0 Å². The molecule has 0 aliphatic carbocycles. The van der Waals surface area contributed by atoms with Gasteiger partial charge >= 0.3 is 0 Å². The van der Waals surface area contributed by atoms with Gasteiger partial charge in [-0.15, -0.1) is 11.8 Å². The van der Waals surface area contributed by atoms with Crippen LogP contribution < -0.4 is 15.1 Å². The first kappa shape index (κ1) is 20.3. The van der Waals surface area contributed by atoms with Crippen molar-refractivity contribution in [1.29, 1.82) is 0 Å². The maximum absolute atomic E-state index is 13.9. The zero-order valence-corrected chi connectivity index (χ0v) is 18.3. The van der Waals surface area contributed by atoms with E-state index in [-0.39, 0.29) is 30.0 Å². The molecular formula is C25H21N3O3S. The largest absolute Gasteiger partial charge is 0.324 e. The molecule has 1 N–H and O–H groups in total. The molecule has 3 amide bonds. The summed E-state index contributed by atoms with van der Waals surface area (Å²) in [5.74, 6) is -0.507. The molecule has 2 aliphatic heterocycles. The number of carbonyl (C=O) groups is 3. The molecule has 0 radical (unpaired) electrons. The number of aryl methyl sites for hydroxylation is 1. The molecule has 0 saturated carbocycles. The lowest BCUT2D eigenvalue weighted by Crippen LogP contribution is -2.50. The van der Waals surface area contributed by atoms with Gasteiger partial charge in [0.1, 0.15) is 6.54 Å². The van der Waals surface area contributed by atoms with E-state index < -0.39 is 4.87 Å². The van der Waals surface area contributed by atoms with Gasteiger partial charge in [0.05, 0.1) is 11.4 Å². The Morgan fingerprint density at radius 3 is 2.44 bits per heavy atom. The number of benzene rings is 3. The summed E-state index contributed by atoms with van der Waals surface area (Å²) in [6, 6.07) is 24.1. The van der Waals surface area contributed by atoms with Crippen LogP contribution in [0.1, 0.15) is 11.1 Å². The summed E-state index contributed by atoms with van der Waals surface area (Å²) in [6.07, 6.45) is 0. The number of hydrogen-bond acceptors (Lipinski definition) is 4. The van der Waals surface area contributed by atoms with E-state index in [0.29, 0.717) is 17.1 Å². The third-order valence-electron chi connectivity index (χ3n) is 5.80. The number of anilines is 3. The molecule has 3 aromatic rings. The predicted octanol–water partition coefficient (Wildman–Crippen LogP) is 3.91. The van der Waals surface area contributed by atoms with Crippen LogP contribution in [0.4, 0.5) is 17.1 Å². The lowest BCUT2D eigenvalue weighted by atomic mass is 10.0. The van der Waals surface area contributed by atoms with Gasteiger partial charge in [-0.05, 0) is 36.8 Å². The molecule has 3 aromatic carbocycles. The minimum Gasteiger partial charge on any atom is -0.324 e. The summed E-state index contributed by atoms with van der Waals surface area (Å²) in [7, 11) is 0. The maximum atomic E-state index is 13.9. The molecular weight excluding hydrogens is 422 g/mol. The van der Waals surface area contributed by atoms with Crippen molar-refractivity contribution >= 4 is 46.5 Å². The summed E-state index contributed by atoms with van der Waals surface area (Å²) >= 11 is 1.30. The normalized spacial score (nSPS) is 19.5. The van der Waals surface area contributed by atoms with Crippen molar-refractivity contribution in [2.75, 3.05) is 27.4 Å². The monoisotopic (exact) mass is 443 g/mol. The van der Waals surface area contributed by atoms with Crippen LogP contribution in [-0.2, 0) is 19.3 Å². The maximum Gasteiger partial charge on any atom is 0.269 e. The number of nitrogens with one attached hydrogen (secondary N) is 1. The van der Waals surface area contributed by atoms with Crippen LogP contribution in [0.2, 0.25) is 0 Å². The summed E-state index contributed by atoms with van der Waals surface area (Å²) in [4.78, 5) is 41.6. The fraction of sp³-hybridized carbons (Fsp3) is 0.160. The van der Waals surface area contributed by atoms with Crippen LogP contribution >= 0.6 is 11.8 Å². The van der Waals surface area contributed by atoms with Crippen molar-refractivity contribution < 1.29 is 14.4 Å². The molecule has 32 heavy (non-hydrogen) atoms. The molecule has 7 heteroatoms. The number of hydrogen-bond donors (Lipinski definition) is 1. The van der Waals surface area contributed by atoms with Gasteiger partial charge in [0.2, 0.25) is 16.7 Å². The molecule has 1 spiro atoms. The Bertz CT molecular complexity index is 1230. The Morgan fingerprint density at radius 2 is 1.66 bits per heavy atom. The van der Waals surface area contributed by atoms with Gasteiger partial charge in [-0.2, -0.15) is 0 Å². The lowest BCUT2D eigenvalue weighted by molar-refractivity contribution is -0.124. The fourth-order valence-corrected chi connectivity index (χ4v) is 5.70. The highest BCUT2D eigenvalue weighted by atomic mass is 32.2. The second kappa shape index (κ2) is 7.84. The number of fused-ring (bicyclic) bond motifs is 2. The van der Waals surface area contributed by atoms with Crippen molar-refractivity contribution in [3.8, 4) is 0 Å². The predicted molar refractivity (Wildman–Crippen MR) is 127 cm³/mol. The minimum atomic E-state index is -1.21. The summed E-state index contributed by atoms with van der Waals surface area (Å²) in [6.45, 7) is 1.78. The number of para-hydroxylation sites is 3. The van der Waals surface area contributed by atoms with Crippen molar-refractivity contribution in [3.63, 3.8) is 0 Å². The van der Waals surface area contributed by atoms with E-state index in [9.17, 15) is 14.4 Å². The zero-order chi connectivity index (χ0) is 22.3. The molecule has 1 unspecified atom stereocenters. The van der Waals surface area contributed by atoms with Crippen LogP contribution in [0.15, 0.2) is 78.9 Å². The van der Waals surface area contributed by atoms with Gasteiger partial charge < -0.3 is 5.32 Å². The molecule has 2 aliphatic rings. The number of carbonyl (C=O) groups excluding carboxylic acids is 3.